The van der Waals surface area contributed by atoms with Crippen LogP contribution in [0.1, 0.15) is 10.4 Å². The molecule has 0 spiro atoms. The zero-order valence-corrected chi connectivity index (χ0v) is 8.11. The molecule has 2 aromatic rings. The van der Waals surface area contributed by atoms with E-state index in [0.717, 1.165) is 0 Å². The van der Waals surface area contributed by atoms with Gasteiger partial charge in [-0.25, -0.2) is 4.39 Å². The molecule has 5 nitrogen and oxygen atoms in total. The number of primary amides is 1. The number of hydrogen-bond acceptors (Lipinski definition) is 4. The lowest BCUT2D eigenvalue weighted by molar-refractivity contribution is 0.100. The maximum absolute atomic E-state index is 13.5. The van der Waals surface area contributed by atoms with Crippen LogP contribution in [0.3, 0.4) is 0 Å². The fourth-order valence-electron chi connectivity index (χ4n) is 1.38. The summed E-state index contributed by atoms with van der Waals surface area (Å²) < 4.78 is 18.1. The highest BCUT2D eigenvalue weighted by Gasteiger charge is 2.21. The van der Waals surface area contributed by atoms with E-state index >= 15 is 0 Å². The first-order valence-electron chi connectivity index (χ1n) is 4.41. The first kappa shape index (κ1) is 10.2. The summed E-state index contributed by atoms with van der Waals surface area (Å²) in [5.41, 5.74) is 10.5. The maximum Gasteiger partial charge on any atom is 0.256 e. The highest BCUT2D eigenvalue weighted by atomic mass is 19.1. The van der Waals surface area contributed by atoms with Crippen molar-refractivity contribution in [1.82, 2.24) is 5.16 Å². The van der Waals surface area contributed by atoms with Gasteiger partial charge in [-0.1, -0.05) is 17.3 Å². The molecule has 82 valence electrons. The first-order chi connectivity index (χ1) is 7.61. The standard InChI is InChI=1S/C10H8FN3O2/c11-6-4-2-1-3-5(6)8-7(9(12)15)10(13)16-14-8/h1-4H,13H2,(H2,12,15). The van der Waals surface area contributed by atoms with Gasteiger partial charge in [-0.2, -0.15) is 0 Å². The Morgan fingerprint density at radius 2 is 2.06 bits per heavy atom. The molecule has 0 radical (unpaired) electrons. The Morgan fingerprint density at radius 1 is 1.38 bits per heavy atom. The van der Waals surface area contributed by atoms with Crippen LogP contribution < -0.4 is 11.5 Å². The Labute approximate surface area is 89.8 Å². The number of benzene rings is 1. The Hall–Kier alpha value is -2.37. The molecule has 6 heteroatoms. The maximum atomic E-state index is 13.5. The summed E-state index contributed by atoms with van der Waals surface area (Å²) in [4.78, 5) is 11.1. The van der Waals surface area contributed by atoms with Crippen LogP contribution in [0.5, 0.6) is 0 Å². The molecule has 1 heterocycles. The topological polar surface area (TPSA) is 95.1 Å². The van der Waals surface area contributed by atoms with Crippen LogP contribution in [0.2, 0.25) is 0 Å². The average Bonchev–Trinajstić information content (AvgIpc) is 2.61. The van der Waals surface area contributed by atoms with Crippen molar-refractivity contribution in [3.8, 4) is 11.3 Å². The number of amides is 1. The molecule has 16 heavy (non-hydrogen) atoms. The second kappa shape index (κ2) is 3.65. The number of nitrogens with zero attached hydrogens (tertiary/aromatic N) is 1. The van der Waals surface area contributed by atoms with Crippen molar-refractivity contribution in [2.75, 3.05) is 5.73 Å². The number of rotatable bonds is 2. The number of aromatic nitrogens is 1. The van der Waals surface area contributed by atoms with E-state index in [-0.39, 0.29) is 22.7 Å². The van der Waals surface area contributed by atoms with E-state index in [2.05, 4.69) is 9.68 Å². The lowest BCUT2D eigenvalue weighted by Gasteiger charge is -1.99. The van der Waals surface area contributed by atoms with Gasteiger partial charge in [0, 0.05) is 5.56 Å². The molecule has 0 atom stereocenters. The quantitative estimate of drug-likeness (QED) is 0.795. The third-order valence-corrected chi connectivity index (χ3v) is 2.09. The van der Waals surface area contributed by atoms with E-state index in [1.54, 1.807) is 6.07 Å². The molecule has 0 saturated heterocycles. The minimum atomic E-state index is -0.808. The normalized spacial score (nSPS) is 10.3. The van der Waals surface area contributed by atoms with Gasteiger partial charge in [0.25, 0.3) is 5.91 Å². The second-order valence-electron chi connectivity index (χ2n) is 3.11. The summed E-state index contributed by atoms with van der Waals surface area (Å²) >= 11 is 0. The SMILES string of the molecule is NC(=O)c1c(-c2ccccc2F)noc1N. The fraction of sp³-hybridized carbons (Fsp3) is 0. The number of halogens is 1. The van der Waals surface area contributed by atoms with Gasteiger partial charge in [-0.3, -0.25) is 4.79 Å². The number of anilines is 1. The highest BCUT2D eigenvalue weighted by molar-refractivity contribution is 6.02. The monoisotopic (exact) mass is 221 g/mol. The molecule has 1 aromatic heterocycles. The van der Waals surface area contributed by atoms with Crippen molar-refractivity contribution >= 4 is 11.8 Å². The molecule has 0 aliphatic heterocycles. The summed E-state index contributed by atoms with van der Waals surface area (Å²) in [5.74, 6) is -1.55. The van der Waals surface area contributed by atoms with Crippen molar-refractivity contribution in [2.24, 2.45) is 5.73 Å². The molecule has 2 rings (SSSR count). The molecule has 1 amide bonds. The van der Waals surface area contributed by atoms with E-state index in [0.29, 0.717) is 0 Å². The van der Waals surface area contributed by atoms with Crippen LogP contribution in [0.4, 0.5) is 10.3 Å². The van der Waals surface area contributed by atoms with Gasteiger partial charge >= 0.3 is 0 Å². The summed E-state index contributed by atoms with van der Waals surface area (Å²) in [6.45, 7) is 0. The van der Waals surface area contributed by atoms with Crippen LogP contribution in [0.15, 0.2) is 28.8 Å². The molecular weight excluding hydrogens is 213 g/mol. The molecule has 0 saturated carbocycles. The Morgan fingerprint density at radius 3 is 2.69 bits per heavy atom. The van der Waals surface area contributed by atoms with Crippen molar-refractivity contribution in [3.05, 3.63) is 35.6 Å². The van der Waals surface area contributed by atoms with Crippen molar-refractivity contribution in [3.63, 3.8) is 0 Å². The third kappa shape index (κ3) is 1.50. The minimum absolute atomic E-state index is 0.0168. The average molecular weight is 221 g/mol. The summed E-state index contributed by atoms with van der Waals surface area (Å²) in [6.07, 6.45) is 0. The number of nitrogens with two attached hydrogens (primary N) is 2. The van der Waals surface area contributed by atoms with Gasteiger partial charge in [-0.15, -0.1) is 0 Å². The van der Waals surface area contributed by atoms with Crippen LogP contribution >= 0.6 is 0 Å². The smallest absolute Gasteiger partial charge is 0.256 e. The van der Waals surface area contributed by atoms with Crippen LogP contribution in [0, 0.1) is 5.82 Å². The van der Waals surface area contributed by atoms with Gasteiger partial charge in [-0.05, 0) is 12.1 Å². The molecule has 0 fully saturated rings. The first-order valence-corrected chi connectivity index (χ1v) is 4.41. The molecule has 1 aromatic carbocycles. The summed E-state index contributed by atoms with van der Waals surface area (Å²) in [6, 6.07) is 5.82. The molecule has 0 aliphatic carbocycles. The van der Waals surface area contributed by atoms with Crippen LogP contribution in [-0.4, -0.2) is 11.1 Å². The summed E-state index contributed by atoms with van der Waals surface area (Å²) in [5, 5.41) is 3.53. The zero-order chi connectivity index (χ0) is 11.7. The van der Waals surface area contributed by atoms with Crippen LogP contribution in [0.25, 0.3) is 11.3 Å². The number of nitrogen functional groups attached to an aromatic ring is 1. The van der Waals surface area contributed by atoms with Gasteiger partial charge < -0.3 is 16.0 Å². The highest BCUT2D eigenvalue weighted by Crippen LogP contribution is 2.28. The van der Waals surface area contributed by atoms with Gasteiger partial charge in [0.2, 0.25) is 5.88 Å². The number of carbonyl (C=O) groups is 1. The van der Waals surface area contributed by atoms with Crippen LogP contribution in [-0.2, 0) is 0 Å². The Balaban J connectivity index is 2.66. The van der Waals surface area contributed by atoms with Gasteiger partial charge in [0.1, 0.15) is 17.1 Å². The van der Waals surface area contributed by atoms with Gasteiger partial charge in [0.05, 0.1) is 0 Å². The van der Waals surface area contributed by atoms with E-state index in [4.69, 9.17) is 11.5 Å². The molecule has 4 N–H and O–H groups in total. The van der Waals surface area contributed by atoms with E-state index in [1.165, 1.54) is 18.2 Å². The molecular formula is C10H8FN3O2. The second-order valence-corrected chi connectivity index (χ2v) is 3.11. The van der Waals surface area contributed by atoms with E-state index < -0.39 is 11.7 Å². The zero-order valence-electron chi connectivity index (χ0n) is 8.11. The Bertz CT molecular complexity index is 551. The number of hydrogen-bond donors (Lipinski definition) is 2. The van der Waals surface area contributed by atoms with Crippen molar-refractivity contribution < 1.29 is 13.7 Å². The molecule has 0 aliphatic rings. The molecule has 0 unspecified atom stereocenters. The molecule has 0 bridgehead atoms. The minimum Gasteiger partial charge on any atom is -0.367 e. The predicted molar refractivity (Wildman–Crippen MR) is 54.8 cm³/mol. The fourth-order valence-corrected chi connectivity index (χ4v) is 1.38. The lowest BCUT2D eigenvalue weighted by atomic mass is 10.1. The van der Waals surface area contributed by atoms with E-state index in [9.17, 15) is 9.18 Å². The van der Waals surface area contributed by atoms with E-state index in [1.807, 2.05) is 0 Å². The van der Waals surface area contributed by atoms with Crippen molar-refractivity contribution in [2.45, 2.75) is 0 Å². The summed E-state index contributed by atoms with van der Waals surface area (Å²) in [7, 11) is 0. The predicted octanol–water partition coefficient (Wildman–Crippen LogP) is 1.16. The van der Waals surface area contributed by atoms with Crippen molar-refractivity contribution in [1.29, 1.82) is 0 Å². The lowest BCUT2D eigenvalue weighted by Crippen LogP contribution is -2.13. The largest absolute Gasteiger partial charge is 0.367 e. The van der Waals surface area contributed by atoms with Gasteiger partial charge in [0.15, 0.2) is 0 Å². The Kier molecular flexibility index (Phi) is 2.32. The number of carbonyl (C=O) groups excluding carboxylic acids is 1. The third-order valence-electron chi connectivity index (χ3n) is 2.09.